The van der Waals surface area contributed by atoms with Crippen LogP contribution in [0.5, 0.6) is 0 Å². The molecule has 1 saturated heterocycles. The molecule has 3 unspecified atom stereocenters. The summed E-state index contributed by atoms with van der Waals surface area (Å²) in [7, 11) is 3.14. The van der Waals surface area contributed by atoms with Crippen molar-refractivity contribution in [3.63, 3.8) is 0 Å². The zero-order valence-corrected chi connectivity index (χ0v) is 12.6. The lowest BCUT2D eigenvalue weighted by Gasteiger charge is -2.20. The average Bonchev–Trinajstić information content (AvgIpc) is 2.80. The highest BCUT2D eigenvalue weighted by molar-refractivity contribution is 5.52. The van der Waals surface area contributed by atoms with Gasteiger partial charge >= 0.3 is 0 Å². The molecule has 0 aliphatic carbocycles. The Labute approximate surface area is 123 Å². The Morgan fingerprint density at radius 1 is 1.19 bits per heavy atom. The van der Waals surface area contributed by atoms with E-state index in [9.17, 15) is 8.78 Å². The van der Waals surface area contributed by atoms with E-state index in [0.29, 0.717) is 25.1 Å². The topological polar surface area (TPSA) is 47.7 Å². The fourth-order valence-electron chi connectivity index (χ4n) is 2.79. The Bertz CT molecular complexity index is 462. The summed E-state index contributed by atoms with van der Waals surface area (Å²) in [5, 5.41) is 0. The van der Waals surface area contributed by atoms with Crippen LogP contribution in [0.15, 0.2) is 12.1 Å². The molecule has 0 spiro atoms. The SMILES string of the molecule is COC1CN(c2c(F)cc(CC(C)N)cc2F)CC1OC. The highest BCUT2D eigenvalue weighted by atomic mass is 19.1. The minimum absolute atomic E-state index is 0.0231. The molecular weight excluding hydrogens is 278 g/mol. The standard InChI is InChI=1S/C15H22F2N2O2/c1-9(18)4-10-5-11(16)15(12(17)6-10)19-7-13(20-2)14(8-19)21-3/h5-6,9,13-14H,4,7-8,18H2,1-3H3. The van der Waals surface area contributed by atoms with E-state index in [0.717, 1.165) is 0 Å². The molecule has 1 fully saturated rings. The highest BCUT2D eigenvalue weighted by Gasteiger charge is 2.35. The van der Waals surface area contributed by atoms with E-state index in [4.69, 9.17) is 15.2 Å². The van der Waals surface area contributed by atoms with Gasteiger partial charge in [-0.1, -0.05) is 0 Å². The molecule has 0 aromatic heterocycles. The highest BCUT2D eigenvalue weighted by Crippen LogP contribution is 2.30. The third-order valence-electron chi connectivity index (χ3n) is 3.77. The van der Waals surface area contributed by atoms with Crippen molar-refractivity contribution < 1.29 is 18.3 Å². The summed E-state index contributed by atoms with van der Waals surface area (Å²) in [6.45, 7) is 2.60. The van der Waals surface area contributed by atoms with Gasteiger partial charge in [0, 0.05) is 33.4 Å². The van der Waals surface area contributed by atoms with Crippen LogP contribution in [0.4, 0.5) is 14.5 Å². The number of hydrogen-bond donors (Lipinski definition) is 1. The number of benzene rings is 1. The first-order valence-electron chi connectivity index (χ1n) is 7.00. The maximum atomic E-state index is 14.3. The second-order valence-electron chi connectivity index (χ2n) is 5.54. The first-order valence-corrected chi connectivity index (χ1v) is 7.00. The van der Waals surface area contributed by atoms with Crippen molar-refractivity contribution in [3.05, 3.63) is 29.3 Å². The summed E-state index contributed by atoms with van der Waals surface area (Å²) >= 11 is 0. The first kappa shape index (κ1) is 16.1. The van der Waals surface area contributed by atoms with Gasteiger partial charge in [-0.2, -0.15) is 0 Å². The Morgan fingerprint density at radius 2 is 1.67 bits per heavy atom. The van der Waals surface area contributed by atoms with Crippen molar-refractivity contribution in [2.75, 3.05) is 32.2 Å². The summed E-state index contributed by atoms with van der Waals surface area (Å²) in [6, 6.07) is 2.56. The minimum atomic E-state index is -0.572. The van der Waals surface area contributed by atoms with Crippen molar-refractivity contribution in [2.24, 2.45) is 5.73 Å². The average molecular weight is 300 g/mol. The van der Waals surface area contributed by atoms with Crippen molar-refractivity contribution >= 4 is 5.69 Å². The van der Waals surface area contributed by atoms with Gasteiger partial charge in [0.25, 0.3) is 0 Å². The van der Waals surface area contributed by atoms with Crippen LogP contribution in [-0.4, -0.2) is 45.6 Å². The second kappa shape index (κ2) is 6.68. The molecule has 1 aliphatic heterocycles. The van der Waals surface area contributed by atoms with Gasteiger partial charge in [-0.25, -0.2) is 8.78 Å². The predicted molar refractivity (Wildman–Crippen MR) is 77.5 cm³/mol. The lowest BCUT2D eigenvalue weighted by Crippen LogP contribution is -2.27. The van der Waals surface area contributed by atoms with Crippen LogP contribution in [0.25, 0.3) is 0 Å². The Hall–Kier alpha value is -1.24. The van der Waals surface area contributed by atoms with E-state index in [-0.39, 0.29) is 23.9 Å². The van der Waals surface area contributed by atoms with E-state index in [2.05, 4.69) is 0 Å². The monoisotopic (exact) mass is 300 g/mol. The van der Waals surface area contributed by atoms with Gasteiger partial charge in [0.15, 0.2) is 0 Å². The van der Waals surface area contributed by atoms with E-state index >= 15 is 0 Å². The summed E-state index contributed by atoms with van der Waals surface area (Å²) in [5.74, 6) is -1.14. The van der Waals surface area contributed by atoms with Crippen LogP contribution >= 0.6 is 0 Å². The Morgan fingerprint density at radius 3 is 2.05 bits per heavy atom. The molecule has 1 aromatic rings. The summed E-state index contributed by atoms with van der Waals surface area (Å²) in [5.41, 5.74) is 6.21. The third kappa shape index (κ3) is 3.51. The van der Waals surface area contributed by atoms with Crippen molar-refractivity contribution in [1.29, 1.82) is 0 Å². The fourth-order valence-corrected chi connectivity index (χ4v) is 2.79. The molecule has 0 amide bonds. The van der Waals surface area contributed by atoms with E-state index < -0.39 is 11.6 Å². The summed E-state index contributed by atoms with van der Waals surface area (Å²) in [4.78, 5) is 1.63. The molecule has 1 aliphatic rings. The Kier molecular flexibility index (Phi) is 5.13. The van der Waals surface area contributed by atoms with Crippen molar-refractivity contribution in [3.8, 4) is 0 Å². The number of methoxy groups -OCH3 is 2. The number of ether oxygens (including phenoxy) is 2. The molecular formula is C15H22F2N2O2. The second-order valence-corrected chi connectivity index (χ2v) is 5.54. The molecule has 21 heavy (non-hydrogen) atoms. The molecule has 2 N–H and O–H groups in total. The fraction of sp³-hybridized carbons (Fsp3) is 0.600. The van der Waals surface area contributed by atoms with Crippen LogP contribution in [0.1, 0.15) is 12.5 Å². The van der Waals surface area contributed by atoms with Crippen LogP contribution in [0.2, 0.25) is 0 Å². The molecule has 4 nitrogen and oxygen atoms in total. The minimum Gasteiger partial charge on any atom is -0.377 e. The van der Waals surface area contributed by atoms with Crippen LogP contribution in [0.3, 0.4) is 0 Å². The van der Waals surface area contributed by atoms with Gasteiger partial charge in [0.1, 0.15) is 29.5 Å². The normalized spacial score (nSPS) is 23.6. The molecule has 3 atom stereocenters. The van der Waals surface area contributed by atoms with Gasteiger partial charge in [-0.15, -0.1) is 0 Å². The predicted octanol–water partition coefficient (Wildman–Crippen LogP) is 1.70. The maximum absolute atomic E-state index is 14.3. The zero-order chi connectivity index (χ0) is 15.6. The quantitative estimate of drug-likeness (QED) is 0.899. The van der Waals surface area contributed by atoms with E-state index in [1.807, 2.05) is 0 Å². The number of anilines is 1. The number of halogens is 2. The smallest absolute Gasteiger partial charge is 0.149 e. The molecule has 1 heterocycles. The van der Waals surface area contributed by atoms with E-state index in [1.54, 1.807) is 26.0 Å². The maximum Gasteiger partial charge on any atom is 0.149 e. The zero-order valence-electron chi connectivity index (χ0n) is 12.6. The molecule has 118 valence electrons. The van der Waals surface area contributed by atoms with Crippen molar-refractivity contribution in [1.82, 2.24) is 0 Å². The molecule has 0 bridgehead atoms. The van der Waals surface area contributed by atoms with Gasteiger partial charge in [-0.3, -0.25) is 0 Å². The van der Waals surface area contributed by atoms with Gasteiger partial charge in [0.05, 0.1) is 0 Å². The number of nitrogens with two attached hydrogens (primary N) is 1. The van der Waals surface area contributed by atoms with E-state index in [1.165, 1.54) is 12.1 Å². The van der Waals surface area contributed by atoms with Gasteiger partial charge in [-0.05, 0) is 31.0 Å². The van der Waals surface area contributed by atoms with Gasteiger partial charge < -0.3 is 20.1 Å². The molecule has 0 radical (unpaired) electrons. The van der Waals surface area contributed by atoms with Crippen molar-refractivity contribution in [2.45, 2.75) is 31.6 Å². The summed E-state index contributed by atoms with van der Waals surface area (Å²) in [6.07, 6.45) is 0.0465. The lowest BCUT2D eigenvalue weighted by atomic mass is 10.1. The lowest BCUT2D eigenvalue weighted by molar-refractivity contribution is -0.00461. The number of hydrogen-bond acceptors (Lipinski definition) is 4. The first-order chi connectivity index (χ1) is 9.96. The molecule has 6 heteroatoms. The van der Waals surface area contributed by atoms with Crippen LogP contribution in [-0.2, 0) is 15.9 Å². The Balaban J connectivity index is 2.25. The molecule has 1 aromatic carbocycles. The summed E-state index contributed by atoms with van der Waals surface area (Å²) < 4.78 is 39.1. The van der Waals surface area contributed by atoms with Crippen LogP contribution in [0, 0.1) is 11.6 Å². The van der Waals surface area contributed by atoms with Crippen LogP contribution < -0.4 is 10.6 Å². The molecule has 0 saturated carbocycles. The van der Waals surface area contributed by atoms with Gasteiger partial charge in [0.2, 0.25) is 0 Å². The number of rotatable bonds is 5. The molecule has 2 rings (SSSR count). The number of nitrogens with zero attached hydrogens (tertiary/aromatic N) is 1. The third-order valence-corrected chi connectivity index (χ3v) is 3.77. The largest absolute Gasteiger partial charge is 0.377 e.